The summed E-state index contributed by atoms with van der Waals surface area (Å²) in [4.78, 5) is 35.1. The Bertz CT molecular complexity index is 1360. The van der Waals surface area contributed by atoms with Crippen molar-refractivity contribution in [1.29, 1.82) is 5.26 Å². The zero-order valence-corrected chi connectivity index (χ0v) is 22.5. The van der Waals surface area contributed by atoms with Crippen LogP contribution in [0.2, 0.25) is 0 Å². The number of anilines is 1. The predicted octanol–water partition coefficient (Wildman–Crippen LogP) is 5.66. The number of hydrogen-bond donors (Lipinski definition) is 2. The molecule has 36 heavy (non-hydrogen) atoms. The summed E-state index contributed by atoms with van der Waals surface area (Å²) in [6.07, 6.45) is 1.46. The fourth-order valence-electron chi connectivity index (χ4n) is 3.02. The van der Waals surface area contributed by atoms with Gasteiger partial charge in [-0.15, -0.1) is 0 Å². The smallest absolute Gasteiger partial charge is 0.337 e. The molecule has 0 aromatic heterocycles. The SMILES string of the molecule is COC(=O)c1ccc(NC(=O)/C(C#N)=C/c2cc(Br)c(OCc3ccc(C(=O)O)cc3)c(I)c2)cc1. The molecule has 3 aromatic carbocycles. The number of nitrogens with one attached hydrogen (secondary N) is 1. The molecule has 0 aliphatic carbocycles. The van der Waals surface area contributed by atoms with Crippen LogP contribution in [0.4, 0.5) is 5.69 Å². The molecule has 8 nitrogen and oxygen atoms in total. The number of nitrogens with zero attached hydrogens (tertiary/aromatic N) is 1. The average molecular weight is 661 g/mol. The number of ether oxygens (including phenoxy) is 2. The summed E-state index contributed by atoms with van der Waals surface area (Å²) >= 11 is 5.56. The molecule has 0 spiro atoms. The monoisotopic (exact) mass is 660 g/mol. The van der Waals surface area contributed by atoms with Crippen molar-refractivity contribution < 1.29 is 29.0 Å². The van der Waals surface area contributed by atoms with Crippen molar-refractivity contribution in [2.45, 2.75) is 6.61 Å². The van der Waals surface area contributed by atoms with E-state index in [1.807, 2.05) is 6.07 Å². The second kappa shape index (κ2) is 12.3. The fourth-order valence-corrected chi connectivity index (χ4v) is 4.79. The Hall–Kier alpha value is -3.69. The standard InChI is InChI=1S/C26H18BrIN2O6/c1-35-26(34)18-6-8-20(9-7-18)30-24(31)19(13-29)10-16-11-21(27)23(22(28)12-16)36-14-15-2-4-17(5-3-15)25(32)33/h2-12H,14H2,1H3,(H,30,31)(H,32,33)/b19-10+. The minimum atomic E-state index is -0.995. The zero-order valence-electron chi connectivity index (χ0n) is 18.7. The number of esters is 1. The number of aromatic carboxylic acids is 1. The van der Waals surface area contributed by atoms with Crippen molar-refractivity contribution in [1.82, 2.24) is 0 Å². The van der Waals surface area contributed by atoms with Crippen molar-refractivity contribution >= 4 is 68.1 Å². The maximum Gasteiger partial charge on any atom is 0.337 e. The van der Waals surface area contributed by atoms with Gasteiger partial charge in [0.05, 0.1) is 26.3 Å². The molecular weight excluding hydrogens is 643 g/mol. The van der Waals surface area contributed by atoms with Gasteiger partial charge in [0.1, 0.15) is 24.0 Å². The maximum absolute atomic E-state index is 12.6. The van der Waals surface area contributed by atoms with Crippen LogP contribution in [0.5, 0.6) is 5.75 Å². The van der Waals surface area contributed by atoms with Gasteiger partial charge in [0, 0.05) is 5.69 Å². The summed E-state index contributed by atoms with van der Waals surface area (Å²) in [5, 5.41) is 21.2. The third-order valence-corrected chi connectivity index (χ3v) is 6.23. The summed E-state index contributed by atoms with van der Waals surface area (Å²) in [6, 6.07) is 17.9. The minimum absolute atomic E-state index is 0.109. The minimum Gasteiger partial charge on any atom is -0.487 e. The van der Waals surface area contributed by atoms with Crippen molar-refractivity contribution in [2.24, 2.45) is 0 Å². The molecule has 182 valence electrons. The molecule has 0 aliphatic rings. The van der Waals surface area contributed by atoms with Gasteiger partial charge in [0.15, 0.2) is 0 Å². The number of carbonyl (C=O) groups is 3. The van der Waals surface area contributed by atoms with Crippen LogP contribution in [0.15, 0.2) is 70.7 Å². The molecule has 3 aromatic rings. The number of rotatable bonds is 8. The molecule has 0 aliphatic heterocycles. The molecule has 0 unspecified atom stereocenters. The summed E-state index contributed by atoms with van der Waals surface area (Å²) < 4.78 is 11.9. The molecule has 0 radical (unpaired) electrons. The molecule has 10 heteroatoms. The van der Waals surface area contributed by atoms with Gasteiger partial charge in [-0.25, -0.2) is 9.59 Å². The highest BCUT2D eigenvalue weighted by molar-refractivity contribution is 14.1. The highest BCUT2D eigenvalue weighted by atomic mass is 127. The highest BCUT2D eigenvalue weighted by Crippen LogP contribution is 2.33. The molecule has 0 saturated heterocycles. The quantitative estimate of drug-likeness (QED) is 0.138. The van der Waals surface area contributed by atoms with Crippen LogP contribution < -0.4 is 10.1 Å². The van der Waals surface area contributed by atoms with Crippen LogP contribution in [0.1, 0.15) is 31.8 Å². The lowest BCUT2D eigenvalue weighted by Gasteiger charge is -2.12. The fraction of sp³-hybridized carbons (Fsp3) is 0.0769. The van der Waals surface area contributed by atoms with E-state index in [1.165, 1.54) is 37.5 Å². The van der Waals surface area contributed by atoms with Crippen molar-refractivity contribution in [3.63, 3.8) is 0 Å². The number of hydrogen-bond acceptors (Lipinski definition) is 6. The second-order valence-electron chi connectivity index (χ2n) is 7.30. The zero-order chi connectivity index (χ0) is 26.2. The van der Waals surface area contributed by atoms with Gasteiger partial charge in [-0.2, -0.15) is 5.26 Å². The van der Waals surface area contributed by atoms with E-state index in [-0.39, 0.29) is 17.7 Å². The Morgan fingerprint density at radius 3 is 2.28 bits per heavy atom. The summed E-state index contributed by atoms with van der Waals surface area (Å²) in [6.45, 7) is 0.226. The molecular formula is C26H18BrIN2O6. The van der Waals surface area contributed by atoms with Gasteiger partial charge >= 0.3 is 11.9 Å². The molecule has 3 rings (SSSR count). The number of methoxy groups -OCH3 is 1. The first kappa shape index (κ1) is 26.9. The van der Waals surface area contributed by atoms with E-state index in [0.29, 0.717) is 27.0 Å². The number of carboxylic acid groups (broad SMARTS) is 1. The first-order valence-electron chi connectivity index (χ1n) is 10.3. The third-order valence-electron chi connectivity index (χ3n) is 4.84. The lowest BCUT2D eigenvalue weighted by molar-refractivity contribution is -0.112. The van der Waals surface area contributed by atoms with Crippen LogP contribution >= 0.6 is 38.5 Å². The topological polar surface area (TPSA) is 126 Å². The molecule has 0 fully saturated rings. The van der Waals surface area contributed by atoms with Crippen LogP contribution in [0.25, 0.3) is 6.08 Å². The summed E-state index contributed by atoms with van der Waals surface area (Å²) in [7, 11) is 1.28. The Kier molecular flexibility index (Phi) is 9.21. The number of nitriles is 1. The normalized spacial score (nSPS) is 10.8. The Morgan fingerprint density at radius 1 is 1.08 bits per heavy atom. The first-order valence-corrected chi connectivity index (χ1v) is 12.1. The number of halogens is 2. The summed E-state index contributed by atoms with van der Waals surface area (Å²) in [5.74, 6) is -1.51. The third kappa shape index (κ3) is 6.93. The number of carbonyl (C=O) groups excluding carboxylic acids is 2. The number of benzene rings is 3. The van der Waals surface area contributed by atoms with Gasteiger partial charge in [0.2, 0.25) is 0 Å². The highest BCUT2D eigenvalue weighted by Gasteiger charge is 2.14. The van der Waals surface area contributed by atoms with Crippen LogP contribution in [-0.4, -0.2) is 30.1 Å². The average Bonchev–Trinajstić information content (AvgIpc) is 2.87. The maximum atomic E-state index is 12.6. The Balaban J connectivity index is 1.72. The largest absolute Gasteiger partial charge is 0.487 e. The van der Waals surface area contributed by atoms with E-state index < -0.39 is 17.8 Å². The van der Waals surface area contributed by atoms with Crippen molar-refractivity contribution in [2.75, 3.05) is 12.4 Å². The lowest BCUT2D eigenvalue weighted by atomic mass is 10.1. The molecule has 2 N–H and O–H groups in total. The lowest BCUT2D eigenvalue weighted by Crippen LogP contribution is -2.13. The van der Waals surface area contributed by atoms with Gasteiger partial charge in [-0.3, -0.25) is 4.79 Å². The van der Waals surface area contributed by atoms with Crippen LogP contribution in [0, 0.1) is 14.9 Å². The second-order valence-corrected chi connectivity index (χ2v) is 9.31. The van der Waals surface area contributed by atoms with Crippen LogP contribution in [-0.2, 0) is 16.1 Å². The van der Waals surface area contributed by atoms with E-state index in [0.717, 1.165) is 9.13 Å². The summed E-state index contributed by atoms with van der Waals surface area (Å²) in [5.41, 5.74) is 2.25. The first-order chi connectivity index (χ1) is 17.2. The van der Waals surface area contributed by atoms with E-state index in [4.69, 9.17) is 9.84 Å². The molecule has 0 saturated carbocycles. The molecule has 0 heterocycles. The molecule has 0 atom stereocenters. The van der Waals surface area contributed by atoms with Gasteiger partial charge < -0.3 is 19.9 Å². The molecule has 0 bridgehead atoms. The molecule has 1 amide bonds. The van der Waals surface area contributed by atoms with Crippen LogP contribution in [0.3, 0.4) is 0 Å². The Morgan fingerprint density at radius 2 is 1.72 bits per heavy atom. The van der Waals surface area contributed by atoms with Gasteiger partial charge in [-0.05, 0) is 104 Å². The van der Waals surface area contributed by atoms with Gasteiger partial charge in [0.25, 0.3) is 5.91 Å². The van der Waals surface area contributed by atoms with Crippen molar-refractivity contribution in [3.05, 3.63) is 96.5 Å². The Labute approximate surface area is 228 Å². The van der Waals surface area contributed by atoms with Gasteiger partial charge in [-0.1, -0.05) is 12.1 Å². The van der Waals surface area contributed by atoms with E-state index in [9.17, 15) is 19.6 Å². The van der Waals surface area contributed by atoms with Crippen molar-refractivity contribution in [3.8, 4) is 11.8 Å². The van der Waals surface area contributed by atoms with E-state index >= 15 is 0 Å². The van der Waals surface area contributed by atoms with E-state index in [1.54, 1.807) is 36.4 Å². The van der Waals surface area contributed by atoms with E-state index in [2.05, 4.69) is 48.6 Å². The number of carboxylic acids is 1. The predicted molar refractivity (Wildman–Crippen MR) is 145 cm³/mol. The number of amides is 1.